The van der Waals surface area contributed by atoms with E-state index in [1.165, 1.54) is 0 Å². The third kappa shape index (κ3) is 6.57. The van der Waals surface area contributed by atoms with Gasteiger partial charge in [-0.1, -0.05) is 35.9 Å². The van der Waals surface area contributed by atoms with Gasteiger partial charge in [0.2, 0.25) is 0 Å². The highest BCUT2D eigenvalue weighted by molar-refractivity contribution is 14.0. The first-order valence-electron chi connectivity index (χ1n) is 8.06. The lowest BCUT2D eigenvalue weighted by molar-refractivity contribution is 0.409. The van der Waals surface area contributed by atoms with Crippen molar-refractivity contribution >= 4 is 41.5 Å². The van der Waals surface area contributed by atoms with Gasteiger partial charge >= 0.3 is 0 Å². The van der Waals surface area contributed by atoms with Crippen LogP contribution < -0.4 is 20.1 Å². The van der Waals surface area contributed by atoms with E-state index in [1.54, 1.807) is 21.3 Å². The fourth-order valence-corrected chi connectivity index (χ4v) is 2.69. The fraction of sp³-hybridized carbons (Fsp3) is 0.316. The summed E-state index contributed by atoms with van der Waals surface area (Å²) < 4.78 is 10.5. The first kappa shape index (κ1) is 22.4. The molecule has 0 fully saturated rings. The van der Waals surface area contributed by atoms with E-state index in [9.17, 15) is 0 Å². The van der Waals surface area contributed by atoms with Crippen molar-refractivity contribution in [2.75, 3.05) is 27.8 Å². The van der Waals surface area contributed by atoms with Crippen LogP contribution in [0.1, 0.15) is 11.1 Å². The zero-order chi connectivity index (χ0) is 18.1. The first-order valence-corrected chi connectivity index (χ1v) is 8.44. The molecule has 0 aromatic heterocycles. The molecule has 2 rings (SSSR count). The summed E-state index contributed by atoms with van der Waals surface area (Å²) in [6, 6.07) is 13.6. The van der Waals surface area contributed by atoms with Crippen molar-refractivity contribution in [1.29, 1.82) is 0 Å². The van der Waals surface area contributed by atoms with Crippen LogP contribution in [-0.4, -0.2) is 33.8 Å². The zero-order valence-corrected chi connectivity index (χ0v) is 18.3. The Balaban J connectivity index is 0.00000338. The molecule has 0 saturated carbocycles. The Kier molecular flexibility index (Phi) is 10.2. The van der Waals surface area contributed by atoms with E-state index >= 15 is 0 Å². The lowest BCUT2D eigenvalue weighted by Crippen LogP contribution is -2.37. The highest BCUT2D eigenvalue weighted by atomic mass is 127. The number of nitrogens with zero attached hydrogens (tertiary/aromatic N) is 1. The van der Waals surface area contributed by atoms with Gasteiger partial charge in [0.1, 0.15) is 11.5 Å². The largest absolute Gasteiger partial charge is 0.497 e. The van der Waals surface area contributed by atoms with Crippen LogP contribution in [0.2, 0.25) is 5.02 Å². The number of hydrogen-bond acceptors (Lipinski definition) is 3. The molecular formula is C19H25ClIN3O2. The minimum atomic E-state index is 0. The summed E-state index contributed by atoms with van der Waals surface area (Å²) in [4.78, 5) is 4.24. The van der Waals surface area contributed by atoms with Gasteiger partial charge in [-0.2, -0.15) is 0 Å². The number of guanidine groups is 1. The predicted molar refractivity (Wildman–Crippen MR) is 118 cm³/mol. The molecule has 0 radical (unpaired) electrons. The van der Waals surface area contributed by atoms with Crippen molar-refractivity contribution in [3.8, 4) is 11.5 Å². The van der Waals surface area contributed by atoms with Gasteiger partial charge in [0, 0.05) is 30.7 Å². The zero-order valence-electron chi connectivity index (χ0n) is 15.2. The predicted octanol–water partition coefficient (Wildman–Crippen LogP) is 3.88. The molecule has 26 heavy (non-hydrogen) atoms. The molecule has 0 saturated heterocycles. The molecule has 0 unspecified atom stereocenters. The van der Waals surface area contributed by atoms with Gasteiger partial charge < -0.3 is 20.1 Å². The van der Waals surface area contributed by atoms with Crippen LogP contribution in [0.3, 0.4) is 0 Å². The lowest BCUT2D eigenvalue weighted by atomic mass is 10.1. The van der Waals surface area contributed by atoms with E-state index in [1.807, 2.05) is 42.5 Å². The number of nitrogens with one attached hydrogen (secondary N) is 2. The number of hydrogen-bond donors (Lipinski definition) is 2. The Morgan fingerprint density at radius 3 is 2.46 bits per heavy atom. The summed E-state index contributed by atoms with van der Waals surface area (Å²) in [5.74, 6) is 2.35. The van der Waals surface area contributed by atoms with Crippen LogP contribution in [0.5, 0.6) is 11.5 Å². The summed E-state index contributed by atoms with van der Waals surface area (Å²) in [5.41, 5.74) is 2.14. The topological polar surface area (TPSA) is 54.9 Å². The number of rotatable bonds is 7. The molecule has 0 spiro atoms. The molecule has 2 aromatic rings. The molecule has 2 N–H and O–H groups in total. The molecule has 5 nitrogen and oxygen atoms in total. The molecule has 0 heterocycles. The quantitative estimate of drug-likeness (QED) is 0.352. The van der Waals surface area contributed by atoms with Gasteiger partial charge in [-0.15, -0.1) is 24.0 Å². The van der Waals surface area contributed by atoms with Gasteiger partial charge in [-0.05, 0) is 30.2 Å². The minimum Gasteiger partial charge on any atom is -0.497 e. The lowest BCUT2D eigenvalue weighted by Gasteiger charge is -2.14. The number of halogens is 2. The van der Waals surface area contributed by atoms with Crippen LogP contribution in [0.4, 0.5) is 0 Å². The van der Waals surface area contributed by atoms with Gasteiger partial charge in [0.25, 0.3) is 0 Å². The Hall–Kier alpha value is -1.67. The second-order valence-electron chi connectivity index (χ2n) is 5.37. The molecule has 0 atom stereocenters. The second-order valence-corrected chi connectivity index (χ2v) is 5.78. The number of methoxy groups -OCH3 is 2. The summed E-state index contributed by atoms with van der Waals surface area (Å²) in [7, 11) is 5.05. The molecule has 0 aliphatic rings. The van der Waals surface area contributed by atoms with Crippen LogP contribution in [0, 0.1) is 0 Å². The van der Waals surface area contributed by atoms with Crippen molar-refractivity contribution in [1.82, 2.24) is 10.6 Å². The number of aliphatic imine (C=N–C) groups is 1. The van der Waals surface area contributed by atoms with Crippen molar-refractivity contribution in [2.24, 2.45) is 4.99 Å². The fourth-order valence-electron chi connectivity index (χ4n) is 2.42. The van der Waals surface area contributed by atoms with Crippen molar-refractivity contribution in [3.05, 3.63) is 58.6 Å². The second kappa shape index (κ2) is 11.9. The number of ether oxygens (including phenoxy) is 2. The summed E-state index contributed by atoms with van der Waals surface area (Å²) >= 11 is 6.26. The molecule has 0 aliphatic carbocycles. The average Bonchev–Trinajstić information content (AvgIpc) is 2.65. The minimum absolute atomic E-state index is 0. The van der Waals surface area contributed by atoms with Crippen molar-refractivity contribution in [3.63, 3.8) is 0 Å². The molecule has 2 aromatic carbocycles. The first-order chi connectivity index (χ1) is 12.2. The van der Waals surface area contributed by atoms with E-state index in [0.29, 0.717) is 11.6 Å². The standard InChI is InChI=1S/C19H24ClN3O2.HI/c1-21-19(23-13-15-6-4-5-7-18(15)25-3)22-11-10-14-8-9-16(24-2)12-17(14)20;/h4-9,12H,10-11,13H2,1-3H3,(H2,21,22,23);1H. The maximum Gasteiger partial charge on any atom is 0.191 e. The number of benzene rings is 2. The highest BCUT2D eigenvalue weighted by Crippen LogP contribution is 2.22. The van der Waals surface area contributed by atoms with E-state index in [0.717, 1.165) is 41.6 Å². The Bertz CT molecular complexity index is 726. The summed E-state index contributed by atoms with van der Waals surface area (Å²) in [5, 5.41) is 7.28. The van der Waals surface area contributed by atoms with Crippen LogP contribution in [0.25, 0.3) is 0 Å². The van der Waals surface area contributed by atoms with Gasteiger partial charge in [-0.3, -0.25) is 4.99 Å². The van der Waals surface area contributed by atoms with E-state index in [2.05, 4.69) is 15.6 Å². The van der Waals surface area contributed by atoms with Gasteiger partial charge in [-0.25, -0.2) is 0 Å². The molecule has 0 amide bonds. The Labute approximate surface area is 177 Å². The van der Waals surface area contributed by atoms with E-state index in [-0.39, 0.29) is 24.0 Å². The van der Waals surface area contributed by atoms with Crippen molar-refractivity contribution < 1.29 is 9.47 Å². The third-order valence-corrected chi connectivity index (χ3v) is 4.16. The van der Waals surface area contributed by atoms with Crippen LogP contribution in [0.15, 0.2) is 47.5 Å². The van der Waals surface area contributed by atoms with E-state index in [4.69, 9.17) is 21.1 Å². The SMILES string of the molecule is CN=C(NCCc1ccc(OC)cc1Cl)NCc1ccccc1OC.I. The average molecular weight is 490 g/mol. The molecule has 142 valence electrons. The maximum absolute atomic E-state index is 6.26. The normalized spacial score (nSPS) is 10.7. The molecular weight excluding hydrogens is 465 g/mol. The van der Waals surface area contributed by atoms with E-state index < -0.39 is 0 Å². The Morgan fingerprint density at radius 1 is 1.04 bits per heavy atom. The highest BCUT2D eigenvalue weighted by Gasteiger charge is 2.05. The van der Waals surface area contributed by atoms with Gasteiger partial charge in [0.15, 0.2) is 5.96 Å². The van der Waals surface area contributed by atoms with Crippen LogP contribution in [-0.2, 0) is 13.0 Å². The van der Waals surface area contributed by atoms with Crippen molar-refractivity contribution in [2.45, 2.75) is 13.0 Å². The van der Waals surface area contributed by atoms with Gasteiger partial charge in [0.05, 0.1) is 14.2 Å². The third-order valence-electron chi connectivity index (χ3n) is 3.81. The molecule has 0 bridgehead atoms. The summed E-state index contributed by atoms with van der Waals surface area (Å²) in [6.07, 6.45) is 0.790. The summed E-state index contributed by atoms with van der Waals surface area (Å²) in [6.45, 7) is 1.35. The Morgan fingerprint density at radius 2 is 1.81 bits per heavy atom. The molecule has 0 aliphatic heterocycles. The maximum atomic E-state index is 6.26. The smallest absolute Gasteiger partial charge is 0.191 e. The molecule has 7 heteroatoms. The number of para-hydroxylation sites is 1. The van der Waals surface area contributed by atoms with Crippen LogP contribution >= 0.6 is 35.6 Å². The monoisotopic (exact) mass is 489 g/mol.